The number of nitrogens with zero attached hydrogens (tertiary/aromatic N) is 2. The van der Waals surface area contributed by atoms with E-state index in [4.69, 9.17) is 5.73 Å². The number of benzene rings is 1. The third-order valence-corrected chi connectivity index (χ3v) is 5.25. The van der Waals surface area contributed by atoms with Gasteiger partial charge in [-0.05, 0) is 30.2 Å². The summed E-state index contributed by atoms with van der Waals surface area (Å²) < 4.78 is 15.0. The van der Waals surface area contributed by atoms with Gasteiger partial charge in [-0.3, -0.25) is 14.2 Å². The van der Waals surface area contributed by atoms with E-state index in [1.54, 1.807) is 23.6 Å². The predicted molar refractivity (Wildman–Crippen MR) is 96.7 cm³/mol. The largest absolute Gasteiger partial charge is 0.365 e. The molecule has 0 saturated heterocycles. The highest BCUT2D eigenvalue weighted by Gasteiger charge is 2.21. The molecule has 2 aromatic heterocycles. The van der Waals surface area contributed by atoms with Crippen molar-refractivity contribution in [2.75, 3.05) is 0 Å². The van der Waals surface area contributed by atoms with Gasteiger partial charge in [-0.1, -0.05) is 26.0 Å². The smallest absolute Gasteiger partial charge is 0.262 e. The molecule has 0 saturated carbocycles. The van der Waals surface area contributed by atoms with Crippen LogP contribution in [0.15, 0.2) is 29.1 Å². The molecule has 1 amide bonds. The van der Waals surface area contributed by atoms with Crippen LogP contribution in [0.5, 0.6) is 0 Å². The maximum absolute atomic E-state index is 13.5. The molecule has 0 aliphatic rings. The van der Waals surface area contributed by atoms with Gasteiger partial charge in [0.25, 0.3) is 11.5 Å². The Morgan fingerprint density at radius 3 is 2.72 bits per heavy atom. The van der Waals surface area contributed by atoms with Crippen LogP contribution in [-0.2, 0) is 6.54 Å². The van der Waals surface area contributed by atoms with Crippen LogP contribution in [0.1, 0.15) is 46.4 Å². The number of halogens is 1. The Bertz CT molecular complexity index is 1040. The predicted octanol–water partition coefficient (Wildman–Crippen LogP) is 3.18. The van der Waals surface area contributed by atoms with Gasteiger partial charge in [-0.2, -0.15) is 0 Å². The lowest BCUT2D eigenvalue weighted by Crippen LogP contribution is -2.26. The van der Waals surface area contributed by atoms with Crippen LogP contribution in [0.2, 0.25) is 0 Å². The molecular weight excluding hydrogens is 341 g/mol. The molecule has 3 rings (SSSR count). The van der Waals surface area contributed by atoms with Gasteiger partial charge in [-0.25, -0.2) is 9.37 Å². The van der Waals surface area contributed by atoms with Crippen LogP contribution in [-0.4, -0.2) is 15.5 Å². The Balaban J connectivity index is 2.27. The van der Waals surface area contributed by atoms with Crippen molar-refractivity contribution in [3.05, 3.63) is 62.3 Å². The molecule has 2 N–H and O–H groups in total. The van der Waals surface area contributed by atoms with Crippen LogP contribution in [0.4, 0.5) is 4.39 Å². The number of primary amides is 1. The Morgan fingerprint density at radius 1 is 1.40 bits per heavy atom. The van der Waals surface area contributed by atoms with Gasteiger partial charge in [0.15, 0.2) is 0 Å². The van der Waals surface area contributed by atoms with Gasteiger partial charge in [0, 0.05) is 5.92 Å². The number of thiophene rings is 1. The summed E-state index contributed by atoms with van der Waals surface area (Å²) in [6, 6.07) is 6.13. The second-order valence-corrected chi connectivity index (χ2v) is 7.25. The number of aromatic nitrogens is 2. The molecular formula is C18H18FN3O2S. The zero-order valence-corrected chi connectivity index (χ0v) is 15.0. The summed E-state index contributed by atoms with van der Waals surface area (Å²) in [5.41, 5.74) is 6.38. The number of carbonyl (C=O) groups excluding carboxylic acids is 1. The van der Waals surface area contributed by atoms with E-state index >= 15 is 0 Å². The maximum atomic E-state index is 13.5. The minimum Gasteiger partial charge on any atom is -0.365 e. The number of rotatable bonds is 4. The molecule has 2 heterocycles. The van der Waals surface area contributed by atoms with Gasteiger partial charge >= 0.3 is 0 Å². The van der Waals surface area contributed by atoms with Crippen molar-refractivity contribution < 1.29 is 9.18 Å². The number of nitrogens with two attached hydrogens (primary N) is 1. The zero-order valence-electron chi connectivity index (χ0n) is 14.2. The first kappa shape index (κ1) is 17.3. The molecule has 1 aromatic carbocycles. The lowest BCUT2D eigenvalue weighted by Gasteiger charge is -2.15. The maximum Gasteiger partial charge on any atom is 0.262 e. The Labute approximate surface area is 147 Å². The van der Waals surface area contributed by atoms with Gasteiger partial charge in [0.1, 0.15) is 16.5 Å². The van der Waals surface area contributed by atoms with Crippen LogP contribution < -0.4 is 11.3 Å². The fraction of sp³-hybridized carbons (Fsp3) is 0.278. The van der Waals surface area contributed by atoms with E-state index < -0.39 is 5.91 Å². The first-order valence-corrected chi connectivity index (χ1v) is 8.69. The summed E-state index contributed by atoms with van der Waals surface area (Å²) in [5.74, 6) is -0.333. The quantitative estimate of drug-likeness (QED) is 0.777. The summed E-state index contributed by atoms with van der Waals surface area (Å²) in [4.78, 5) is 30.1. The van der Waals surface area contributed by atoms with Gasteiger partial charge < -0.3 is 5.73 Å². The zero-order chi connectivity index (χ0) is 18.3. The van der Waals surface area contributed by atoms with Crippen molar-refractivity contribution in [1.29, 1.82) is 0 Å². The van der Waals surface area contributed by atoms with Crippen molar-refractivity contribution >= 4 is 27.5 Å². The minimum atomic E-state index is -0.567. The second-order valence-electron chi connectivity index (χ2n) is 6.25. The van der Waals surface area contributed by atoms with Crippen LogP contribution in [0.25, 0.3) is 10.2 Å². The van der Waals surface area contributed by atoms with Crippen LogP contribution in [0.3, 0.4) is 0 Å². The monoisotopic (exact) mass is 359 g/mol. The summed E-state index contributed by atoms with van der Waals surface area (Å²) in [6.07, 6.45) is 0. The molecule has 0 spiro atoms. The molecule has 0 radical (unpaired) electrons. The second kappa shape index (κ2) is 6.40. The Morgan fingerprint density at radius 2 is 2.12 bits per heavy atom. The highest BCUT2D eigenvalue weighted by molar-refractivity contribution is 7.20. The number of hydrogen-bond donors (Lipinski definition) is 1. The van der Waals surface area contributed by atoms with E-state index in [9.17, 15) is 14.0 Å². The third-order valence-electron chi connectivity index (χ3n) is 4.05. The molecule has 0 fully saturated rings. The van der Waals surface area contributed by atoms with E-state index in [0.29, 0.717) is 32.0 Å². The van der Waals surface area contributed by atoms with Gasteiger partial charge in [0.05, 0.1) is 16.8 Å². The van der Waals surface area contributed by atoms with Gasteiger partial charge in [-0.15, -0.1) is 11.3 Å². The molecule has 0 atom stereocenters. The van der Waals surface area contributed by atoms with Crippen molar-refractivity contribution in [3.8, 4) is 0 Å². The summed E-state index contributed by atoms with van der Waals surface area (Å²) >= 11 is 1.14. The number of aryl methyl sites for hydroxylation is 1. The van der Waals surface area contributed by atoms with E-state index in [2.05, 4.69) is 4.98 Å². The molecule has 130 valence electrons. The fourth-order valence-electron chi connectivity index (χ4n) is 2.88. The number of amides is 1. The molecule has 0 bridgehead atoms. The molecule has 0 aliphatic carbocycles. The SMILES string of the molecule is Cc1c(C(N)=O)sc2nc(C(C)C)n(Cc3cccc(F)c3)c(=O)c12. The lowest BCUT2D eigenvalue weighted by atomic mass is 10.1. The highest BCUT2D eigenvalue weighted by atomic mass is 32.1. The van der Waals surface area contributed by atoms with E-state index in [1.807, 2.05) is 13.8 Å². The molecule has 5 nitrogen and oxygen atoms in total. The molecule has 25 heavy (non-hydrogen) atoms. The first-order valence-electron chi connectivity index (χ1n) is 7.87. The minimum absolute atomic E-state index is 0.00917. The van der Waals surface area contributed by atoms with Crippen molar-refractivity contribution in [3.63, 3.8) is 0 Å². The lowest BCUT2D eigenvalue weighted by molar-refractivity contribution is 0.100. The highest BCUT2D eigenvalue weighted by Crippen LogP contribution is 2.28. The summed E-state index contributed by atoms with van der Waals surface area (Å²) in [6.45, 7) is 5.79. The summed E-state index contributed by atoms with van der Waals surface area (Å²) in [7, 11) is 0. The number of hydrogen-bond acceptors (Lipinski definition) is 4. The average Bonchev–Trinajstić information content (AvgIpc) is 2.87. The summed E-state index contributed by atoms with van der Waals surface area (Å²) in [5, 5.41) is 0.402. The van der Waals surface area contributed by atoms with Crippen molar-refractivity contribution in [1.82, 2.24) is 9.55 Å². The van der Waals surface area contributed by atoms with E-state index in [0.717, 1.165) is 11.3 Å². The van der Waals surface area contributed by atoms with Gasteiger partial charge in [0.2, 0.25) is 0 Å². The normalized spacial score (nSPS) is 11.4. The molecule has 7 heteroatoms. The average molecular weight is 359 g/mol. The fourth-order valence-corrected chi connectivity index (χ4v) is 3.91. The molecule has 0 unspecified atom stereocenters. The van der Waals surface area contributed by atoms with Crippen LogP contribution in [0, 0.1) is 12.7 Å². The van der Waals surface area contributed by atoms with Crippen LogP contribution >= 0.6 is 11.3 Å². The van der Waals surface area contributed by atoms with E-state index in [-0.39, 0.29) is 23.8 Å². The first-order chi connectivity index (χ1) is 11.8. The number of fused-ring (bicyclic) bond motifs is 1. The third kappa shape index (κ3) is 3.07. The standard InChI is InChI=1S/C18H18FN3O2S/c1-9(2)16-21-17-13(10(3)14(25-17)15(20)23)18(24)22(16)8-11-5-4-6-12(19)7-11/h4-7,9H,8H2,1-3H3,(H2,20,23). The Kier molecular flexibility index (Phi) is 4.43. The van der Waals surface area contributed by atoms with Crippen molar-refractivity contribution in [2.24, 2.45) is 5.73 Å². The van der Waals surface area contributed by atoms with E-state index in [1.165, 1.54) is 12.1 Å². The topological polar surface area (TPSA) is 78.0 Å². The molecule has 0 aliphatic heterocycles. The van der Waals surface area contributed by atoms with Crippen molar-refractivity contribution in [2.45, 2.75) is 33.2 Å². The molecule has 3 aromatic rings. The number of carbonyl (C=O) groups is 1. The Hall–Kier alpha value is -2.54.